The predicted octanol–water partition coefficient (Wildman–Crippen LogP) is 3.79. The van der Waals surface area contributed by atoms with Crippen molar-refractivity contribution in [3.05, 3.63) is 58.9 Å². The Hall–Kier alpha value is -1.83. The van der Waals surface area contributed by atoms with E-state index in [4.69, 9.17) is 4.74 Å². The molecule has 0 radical (unpaired) electrons. The summed E-state index contributed by atoms with van der Waals surface area (Å²) in [7, 11) is 3.48. The number of benzene rings is 1. The van der Waals surface area contributed by atoms with Crippen LogP contribution >= 0.6 is 24.0 Å². The van der Waals surface area contributed by atoms with Gasteiger partial charge in [0.1, 0.15) is 5.75 Å². The van der Waals surface area contributed by atoms with Crippen LogP contribution in [-0.2, 0) is 6.42 Å². The highest BCUT2D eigenvalue weighted by Crippen LogP contribution is 2.25. The molecular formula is C20H29IN4O. The Balaban J connectivity index is 0.00000338. The largest absolute Gasteiger partial charge is 0.496 e. The third-order valence-corrected chi connectivity index (χ3v) is 4.25. The molecule has 2 N–H and O–H groups in total. The minimum atomic E-state index is 0. The summed E-state index contributed by atoms with van der Waals surface area (Å²) in [6.45, 7) is 7.08. The normalized spacial score (nSPS) is 12.1. The van der Waals surface area contributed by atoms with Gasteiger partial charge in [-0.1, -0.05) is 17.7 Å². The lowest BCUT2D eigenvalue weighted by atomic mass is 10.0. The summed E-state index contributed by atoms with van der Waals surface area (Å²) < 4.78 is 5.48. The zero-order valence-electron chi connectivity index (χ0n) is 16.2. The molecule has 0 saturated carbocycles. The predicted molar refractivity (Wildman–Crippen MR) is 119 cm³/mol. The maximum absolute atomic E-state index is 5.48. The topological polar surface area (TPSA) is 58.5 Å². The lowest BCUT2D eigenvalue weighted by Crippen LogP contribution is -2.39. The minimum absolute atomic E-state index is 0. The van der Waals surface area contributed by atoms with Gasteiger partial charge in [0.25, 0.3) is 0 Å². The van der Waals surface area contributed by atoms with E-state index >= 15 is 0 Å². The third kappa shape index (κ3) is 6.16. The molecule has 1 unspecified atom stereocenters. The number of ether oxygens (including phenoxy) is 1. The molecular weight excluding hydrogens is 439 g/mol. The second kappa shape index (κ2) is 11.0. The highest BCUT2D eigenvalue weighted by atomic mass is 127. The second-order valence-electron chi connectivity index (χ2n) is 6.16. The summed E-state index contributed by atoms with van der Waals surface area (Å²) in [6, 6.07) is 8.35. The molecule has 0 saturated heterocycles. The first-order chi connectivity index (χ1) is 12.0. The van der Waals surface area contributed by atoms with Crippen LogP contribution in [0.1, 0.15) is 35.2 Å². The molecule has 0 aliphatic rings. The van der Waals surface area contributed by atoms with E-state index in [-0.39, 0.29) is 30.0 Å². The molecule has 1 atom stereocenters. The van der Waals surface area contributed by atoms with Gasteiger partial charge >= 0.3 is 0 Å². The van der Waals surface area contributed by atoms with Crippen LogP contribution in [0.3, 0.4) is 0 Å². The van der Waals surface area contributed by atoms with E-state index in [1.807, 2.05) is 18.5 Å². The van der Waals surface area contributed by atoms with Crippen molar-refractivity contribution in [3.63, 3.8) is 0 Å². The molecule has 0 fully saturated rings. The molecule has 0 aliphatic carbocycles. The molecule has 142 valence electrons. The fourth-order valence-corrected chi connectivity index (χ4v) is 2.77. The van der Waals surface area contributed by atoms with Gasteiger partial charge in [0.05, 0.1) is 13.2 Å². The molecule has 1 heterocycles. The molecule has 0 amide bonds. The van der Waals surface area contributed by atoms with Gasteiger partial charge in [0, 0.05) is 31.5 Å². The van der Waals surface area contributed by atoms with Gasteiger partial charge in [-0.05, 0) is 50.5 Å². The Morgan fingerprint density at radius 1 is 1.27 bits per heavy atom. The van der Waals surface area contributed by atoms with Gasteiger partial charge in [0.2, 0.25) is 0 Å². The number of aliphatic imine (C=N–C) groups is 1. The van der Waals surface area contributed by atoms with Crippen molar-refractivity contribution in [2.24, 2.45) is 4.99 Å². The highest BCUT2D eigenvalue weighted by molar-refractivity contribution is 14.0. The number of hydrogen-bond acceptors (Lipinski definition) is 3. The van der Waals surface area contributed by atoms with Crippen LogP contribution < -0.4 is 15.4 Å². The van der Waals surface area contributed by atoms with Crippen molar-refractivity contribution in [1.82, 2.24) is 15.6 Å². The monoisotopic (exact) mass is 468 g/mol. The summed E-state index contributed by atoms with van der Waals surface area (Å²) in [4.78, 5) is 8.46. The van der Waals surface area contributed by atoms with Gasteiger partial charge < -0.3 is 15.4 Å². The summed E-state index contributed by atoms with van der Waals surface area (Å²) in [5, 5.41) is 6.81. The Kier molecular flexibility index (Phi) is 9.40. The van der Waals surface area contributed by atoms with Crippen molar-refractivity contribution in [2.45, 2.75) is 33.2 Å². The van der Waals surface area contributed by atoms with Crippen LogP contribution in [0.5, 0.6) is 5.75 Å². The van der Waals surface area contributed by atoms with Crippen LogP contribution in [0, 0.1) is 13.8 Å². The van der Waals surface area contributed by atoms with Crippen LogP contribution in [-0.4, -0.2) is 31.6 Å². The van der Waals surface area contributed by atoms with Crippen molar-refractivity contribution in [2.75, 3.05) is 20.7 Å². The number of rotatable bonds is 6. The lowest BCUT2D eigenvalue weighted by Gasteiger charge is -2.21. The van der Waals surface area contributed by atoms with Crippen LogP contribution in [0.15, 0.2) is 41.7 Å². The summed E-state index contributed by atoms with van der Waals surface area (Å²) in [6.07, 6.45) is 4.66. The molecule has 1 aromatic carbocycles. The zero-order chi connectivity index (χ0) is 18.2. The number of guanidine groups is 1. The van der Waals surface area contributed by atoms with Gasteiger partial charge in [-0.25, -0.2) is 0 Å². The van der Waals surface area contributed by atoms with E-state index in [1.54, 1.807) is 14.2 Å². The fourth-order valence-electron chi connectivity index (χ4n) is 2.77. The van der Waals surface area contributed by atoms with Crippen LogP contribution in [0.2, 0.25) is 0 Å². The molecule has 2 aromatic rings. The van der Waals surface area contributed by atoms with Crippen molar-refractivity contribution < 1.29 is 4.74 Å². The smallest absolute Gasteiger partial charge is 0.191 e. The van der Waals surface area contributed by atoms with E-state index in [0.717, 1.165) is 30.2 Å². The third-order valence-electron chi connectivity index (χ3n) is 4.25. The molecule has 2 rings (SSSR count). The van der Waals surface area contributed by atoms with Crippen LogP contribution in [0.4, 0.5) is 0 Å². The van der Waals surface area contributed by atoms with E-state index < -0.39 is 0 Å². The maximum atomic E-state index is 5.48. The highest BCUT2D eigenvalue weighted by Gasteiger charge is 2.13. The molecule has 0 spiro atoms. The number of pyridine rings is 1. The molecule has 6 heteroatoms. The fraction of sp³-hybridized carbons (Fsp3) is 0.400. The molecule has 0 bridgehead atoms. The summed E-state index contributed by atoms with van der Waals surface area (Å²) in [5.74, 6) is 1.66. The van der Waals surface area contributed by atoms with Crippen molar-refractivity contribution in [1.29, 1.82) is 0 Å². The van der Waals surface area contributed by atoms with Crippen LogP contribution in [0.25, 0.3) is 0 Å². The quantitative estimate of drug-likeness (QED) is 0.385. The number of aryl methyl sites for hydroxylation is 2. The lowest BCUT2D eigenvalue weighted by molar-refractivity contribution is 0.405. The van der Waals surface area contributed by atoms with E-state index in [0.29, 0.717) is 0 Å². The number of nitrogens with one attached hydrogen (secondary N) is 2. The number of aromatic nitrogens is 1. The number of nitrogens with zero attached hydrogens (tertiary/aromatic N) is 2. The Morgan fingerprint density at radius 2 is 2.04 bits per heavy atom. The standard InChI is InChI=1S/C20H28N4O.HI/c1-14-6-7-19(25-5)18(12-14)16(3)24-20(21-4)23-11-9-17-8-10-22-13-15(17)2;/h6-8,10,12-13,16H,9,11H2,1-5H3,(H2,21,23,24);1H. The Bertz CT molecular complexity index is 734. The molecule has 5 nitrogen and oxygen atoms in total. The molecule has 1 aromatic heterocycles. The summed E-state index contributed by atoms with van der Waals surface area (Å²) >= 11 is 0. The number of halogens is 1. The number of hydrogen-bond donors (Lipinski definition) is 2. The minimum Gasteiger partial charge on any atom is -0.496 e. The first kappa shape index (κ1) is 22.2. The maximum Gasteiger partial charge on any atom is 0.191 e. The van der Waals surface area contributed by atoms with Gasteiger partial charge in [0.15, 0.2) is 5.96 Å². The Labute approximate surface area is 173 Å². The first-order valence-corrected chi connectivity index (χ1v) is 8.56. The van der Waals surface area contributed by atoms with E-state index in [1.165, 1.54) is 16.7 Å². The molecule has 26 heavy (non-hydrogen) atoms. The van der Waals surface area contributed by atoms with Gasteiger partial charge in [-0.2, -0.15) is 0 Å². The number of methoxy groups -OCH3 is 1. The van der Waals surface area contributed by atoms with E-state index in [2.05, 4.69) is 59.6 Å². The summed E-state index contributed by atoms with van der Waals surface area (Å²) in [5.41, 5.74) is 4.84. The zero-order valence-corrected chi connectivity index (χ0v) is 18.5. The van der Waals surface area contributed by atoms with Gasteiger partial charge in [-0.15, -0.1) is 24.0 Å². The average molecular weight is 468 g/mol. The van der Waals surface area contributed by atoms with Crippen molar-refractivity contribution in [3.8, 4) is 5.75 Å². The second-order valence-corrected chi connectivity index (χ2v) is 6.16. The van der Waals surface area contributed by atoms with Crippen molar-refractivity contribution >= 4 is 29.9 Å². The Morgan fingerprint density at radius 3 is 2.69 bits per heavy atom. The van der Waals surface area contributed by atoms with Gasteiger partial charge in [-0.3, -0.25) is 9.98 Å². The molecule has 0 aliphatic heterocycles. The average Bonchev–Trinajstić information content (AvgIpc) is 2.62. The van der Waals surface area contributed by atoms with E-state index in [9.17, 15) is 0 Å². The SMILES string of the molecule is CN=C(NCCc1ccncc1C)NC(C)c1cc(C)ccc1OC.I. The first-order valence-electron chi connectivity index (χ1n) is 8.56.